The Morgan fingerprint density at radius 2 is 2.15 bits per heavy atom. The van der Waals surface area contributed by atoms with Gasteiger partial charge in [0.05, 0.1) is 7.05 Å². The van der Waals surface area contributed by atoms with Crippen LogP contribution in [-0.4, -0.2) is 11.7 Å². The minimum atomic E-state index is 0.599. The van der Waals surface area contributed by atoms with E-state index in [1.807, 2.05) is 25.5 Å². The number of methoxy groups -OCH3 is 1. The summed E-state index contributed by atoms with van der Waals surface area (Å²) < 4.78 is 9.27. The Kier molecular flexibility index (Phi) is 2.02. The summed E-state index contributed by atoms with van der Waals surface area (Å²) in [7, 11) is 3.74. The molecule has 0 saturated carbocycles. The fraction of sp³-hybridized carbons (Fsp3) is 0.300. The highest BCUT2D eigenvalue weighted by atomic mass is 16.5. The van der Waals surface area contributed by atoms with Gasteiger partial charge in [0.2, 0.25) is 6.33 Å². The monoisotopic (exact) mass is 177 g/mol. The first-order valence-corrected chi connectivity index (χ1v) is 4.25. The summed E-state index contributed by atoms with van der Waals surface area (Å²) in [5.74, 6) is 0. The lowest BCUT2D eigenvalue weighted by atomic mass is 10.3. The first kappa shape index (κ1) is 8.26. The van der Waals surface area contributed by atoms with E-state index in [2.05, 4.69) is 21.3 Å². The molecule has 0 aliphatic rings. The van der Waals surface area contributed by atoms with E-state index in [-0.39, 0.29) is 0 Å². The van der Waals surface area contributed by atoms with Gasteiger partial charge in [0.1, 0.15) is 0 Å². The summed E-state index contributed by atoms with van der Waals surface area (Å²) in [4.78, 5) is 0. The average Bonchev–Trinajstić information content (AvgIpc) is 2.46. The van der Waals surface area contributed by atoms with Crippen LogP contribution in [0.5, 0.6) is 0 Å². The van der Waals surface area contributed by atoms with Crippen molar-refractivity contribution in [2.75, 3.05) is 7.11 Å². The van der Waals surface area contributed by atoms with Gasteiger partial charge in [-0.05, 0) is 12.1 Å². The van der Waals surface area contributed by atoms with Crippen LogP contribution in [0.15, 0.2) is 30.6 Å². The van der Waals surface area contributed by atoms with Crippen molar-refractivity contribution < 1.29 is 9.30 Å². The summed E-state index contributed by atoms with van der Waals surface area (Å²) in [6.45, 7) is 0.599. The lowest BCUT2D eigenvalue weighted by molar-refractivity contribution is -0.646. The molecule has 0 fully saturated rings. The van der Waals surface area contributed by atoms with Crippen molar-refractivity contribution in [3.05, 3.63) is 30.6 Å². The minimum absolute atomic E-state index is 0.599. The number of rotatable bonds is 2. The van der Waals surface area contributed by atoms with Crippen molar-refractivity contribution >= 4 is 11.0 Å². The largest absolute Gasteiger partial charge is 0.345 e. The van der Waals surface area contributed by atoms with Gasteiger partial charge in [0.15, 0.2) is 17.8 Å². The van der Waals surface area contributed by atoms with Crippen LogP contribution in [0, 0.1) is 0 Å². The van der Waals surface area contributed by atoms with Gasteiger partial charge >= 0.3 is 0 Å². The molecular weight excluding hydrogens is 164 g/mol. The summed E-state index contributed by atoms with van der Waals surface area (Å²) in [5.41, 5.74) is 2.42. The van der Waals surface area contributed by atoms with Crippen LogP contribution in [0.3, 0.4) is 0 Å². The summed E-state index contributed by atoms with van der Waals surface area (Å²) in [6.07, 6.45) is 2.04. The highest BCUT2D eigenvalue weighted by molar-refractivity contribution is 5.71. The Bertz CT molecular complexity index is 420. The van der Waals surface area contributed by atoms with Crippen LogP contribution in [0.2, 0.25) is 0 Å². The minimum Gasteiger partial charge on any atom is -0.345 e. The van der Waals surface area contributed by atoms with Gasteiger partial charge in [-0.2, -0.15) is 0 Å². The number of imidazole rings is 1. The summed E-state index contributed by atoms with van der Waals surface area (Å²) in [5, 5.41) is 0. The summed E-state index contributed by atoms with van der Waals surface area (Å²) in [6, 6.07) is 8.27. The molecule has 0 radical (unpaired) electrons. The number of ether oxygens (including phenoxy) is 1. The molecule has 2 rings (SSSR count). The van der Waals surface area contributed by atoms with E-state index in [0.717, 1.165) is 0 Å². The number of aryl methyl sites for hydroxylation is 1. The van der Waals surface area contributed by atoms with Gasteiger partial charge in [-0.15, -0.1) is 0 Å². The number of para-hydroxylation sites is 2. The molecule has 1 aromatic carbocycles. The average molecular weight is 177 g/mol. The van der Waals surface area contributed by atoms with Crippen LogP contribution in [0.4, 0.5) is 0 Å². The van der Waals surface area contributed by atoms with Crippen LogP contribution >= 0.6 is 0 Å². The molecule has 1 aromatic heterocycles. The van der Waals surface area contributed by atoms with Crippen LogP contribution in [0.1, 0.15) is 0 Å². The van der Waals surface area contributed by atoms with E-state index in [0.29, 0.717) is 6.73 Å². The number of nitrogens with zero attached hydrogens (tertiary/aromatic N) is 2. The van der Waals surface area contributed by atoms with Crippen LogP contribution in [-0.2, 0) is 18.5 Å². The molecule has 0 atom stereocenters. The highest BCUT2D eigenvalue weighted by Crippen LogP contribution is 2.09. The SMILES string of the molecule is COCn1c[n+](C)c2ccccc21. The number of benzene rings is 1. The smallest absolute Gasteiger partial charge is 0.246 e. The molecule has 0 saturated heterocycles. The van der Waals surface area contributed by atoms with Crippen molar-refractivity contribution in [1.29, 1.82) is 0 Å². The zero-order valence-corrected chi connectivity index (χ0v) is 7.90. The van der Waals surface area contributed by atoms with Gasteiger partial charge in [-0.25, -0.2) is 9.13 Å². The Morgan fingerprint density at radius 3 is 2.92 bits per heavy atom. The van der Waals surface area contributed by atoms with Crippen molar-refractivity contribution in [3.63, 3.8) is 0 Å². The predicted octanol–water partition coefficient (Wildman–Crippen LogP) is 1.07. The molecule has 3 nitrogen and oxygen atoms in total. The Morgan fingerprint density at radius 1 is 1.38 bits per heavy atom. The molecule has 68 valence electrons. The van der Waals surface area contributed by atoms with E-state index in [9.17, 15) is 0 Å². The van der Waals surface area contributed by atoms with Gasteiger partial charge in [-0.1, -0.05) is 12.1 Å². The van der Waals surface area contributed by atoms with E-state index in [4.69, 9.17) is 4.74 Å². The third kappa shape index (κ3) is 1.31. The number of fused-ring (bicyclic) bond motifs is 1. The van der Waals surface area contributed by atoms with Crippen molar-refractivity contribution in [2.45, 2.75) is 6.73 Å². The first-order chi connectivity index (χ1) is 6.33. The molecule has 0 aliphatic carbocycles. The molecule has 0 spiro atoms. The Labute approximate surface area is 77.2 Å². The van der Waals surface area contributed by atoms with E-state index in [1.165, 1.54) is 11.0 Å². The van der Waals surface area contributed by atoms with E-state index < -0.39 is 0 Å². The zero-order chi connectivity index (χ0) is 9.26. The molecule has 2 aromatic rings. The molecule has 0 aliphatic heterocycles. The zero-order valence-electron chi connectivity index (χ0n) is 7.90. The van der Waals surface area contributed by atoms with Gasteiger partial charge in [-0.3, -0.25) is 0 Å². The fourth-order valence-corrected chi connectivity index (χ4v) is 1.58. The van der Waals surface area contributed by atoms with Crippen molar-refractivity contribution in [3.8, 4) is 0 Å². The summed E-state index contributed by atoms with van der Waals surface area (Å²) >= 11 is 0. The Hall–Kier alpha value is -1.35. The third-order valence-electron chi connectivity index (χ3n) is 2.15. The quantitative estimate of drug-likeness (QED) is 0.627. The normalized spacial score (nSPS) is 10.9. The number of hydrogen-bond acceptors (Lipinski definition) is 1. The van der Waals surface area contributed by atoms with Gasteiger partial charge in [0.25, 0.3) is 0 Å². The molecule has 0 unspecified atom stereocenters. The molecular formula is C10H13N2O+. The maximum atomic E-state index is 5.10. The van der Waals surface area contributed by atoms with E-state index >= 15 is 0 Å². The van der Waals surface area contributed by atoms with E-state index in [1.54, 1.807) is 7.11 Å². The molecule has 0 bridgehead atoms. The van der Waals surface area contributed by atoms with Crippen molar-refractivity contribution in [1.82, 2.24) is 4.57 Å². The first-order valence-electron chi connectivity index (χ1n) is 4.25. The van der Waals surface area contributed by atoms with Crippen LogP contribution < -0.4 is 4.57 Å². The third-order valence-corrected chi connectivity index (χ3v) is 2.15. The molecule has 13 heavy (non-hydrogen) atoms. The molecule has 0 amide bonds. The molecule has 0 N–H and O–H groups in total. The second kappa shape index (κ2) is 3.18. The lowest BCUT2D eigenvalue weighted by Gasteiger charge is -1.92. The number of aromatic nitrogens is 2. The maximum absolute atomic E-state index is 5.10. The van der Waals surface area contributed by atoms with Crippen LogP contribution in [0.25, 0.3) is 11.0 Å². The van der Waals surface area contributed by atoms with Gasteiger partial charge in [0, 0.05) is 7.11 Å². The topological polar surface area (TPSA) is 18.0 Å². The Balaban J connectivity index is 2.63. The fourth-order valence-electron chi connectivity index (χ4n) is 1.58. The lowest BCUT2D eigenvalue weighted by Crippen LogP contribution is -2.25. The number of hydrogen-bond donors (Lipinski definition) is 0. The predicted molar refractivity (Wildman–Crippen MR) is 50.1 cm³/mol. The molecule has 1 heterocycles. The van der Waals surface area contributed by atoms with Gasteiger partial charge < -0.3 is 4.74 Å². The molecule has 3 heteroatoms. The van der Waals surface area contributed by atoms with Crippen molar-refractivity contribution in [2.24, 2.45) is 7.05 Å². The second-order valence-electron chi connectivity index (χ2n) is 3.10. The highest BCUT2D eigenvalue weighted by Gasteiger charge is 2.10. The maximum Gasteiger partial charge on any atom is 0.246 e. The standard InChI is InChI=1S/C10H13N2O/c1-11-7-12(8-13-2)10-6-4-3-5-9(10)11/h3-7H,8H2,1-2H3/q+1. The second-order valence-corrected chi connectivity index (χ2v) is 3.10.